The number of anilines is 3. The number of nitriles is 1. The van der Waals surface area contributed by atoms with Gasteiger partial charge in [0.25, 0.3) is 5.91 Å². The maximum atomic E-state index is 13.1. The van der Waals surface area contributed by atoms with Crippen molar-refractivity contribution in [2.75, 3.05) is 16.8 Å². The largest absolute Gasteiger partial charge is 0.435 e. The topological polar surface area (TPSA) is 168 Å². The fraction of sp³-hybridized carbons (Fsp3) is 0.150. The van der Waals surface area contributed by atoms with Gasteiger partial charge >= 0.3 is 11.3 Å². The second-order valence-electron chi connectivity index (χ2n) is 6.99. The number of H-pyrrole nitrogens is 1. The number of nitrogens with zero attached hydrogens (tertiary/aromatic N) is 3. The quantitative estimate of drug-likeness (QED) is 0.356. The Bertz CT molecular complexity index is 1450. The van der Waals surface area contributed by atoms with Crippen LogP contribution in [0.1, 0.15) is 26.4 Å². The Hall–Kier alpha value is -4.17. The van der Waals surface area contributed by atoms with E-state index in [1.54, 1.807) is 7.05 Å². The van der Waals surface area contributed by atoms with Crippen molar-refractivity contribution in [2.45, 2.75) is 13.8 Å². The van der Waals surface area contributed by atoms with Gasteiger partial charge in [0.2, 0.25) is 0 Å². The Morgan fingerprint density at radius 1 is 1.32 bits per heavy atom. The fourth-order valence-electron chi connectivity index (χ4n) is 3.48. The third-order valence-electron chi connectivity index (χ3n) is 4.98. The van der Waals surface area contributed by atoms with Crippen molar-refractivity contribution < 1.29 is 14.0 Å². The fourth-order valence-corrected chi connectivity index (χ4v) is 4.49. The van der Waals surface area contributed by atoms with Gasteiger partial charge in [-0.3, -0.25) is 9.32 Å². The third kappa shape index (κ3) is 3.10. The number of carbonyl (C=O) groups is 1. The number of fused-ring (bicyclic) bond motifs is 1. The first-order valence-electron chi connectivity index (χ1n) is 9.11. The summed E-state index contributed by atoms with van der Waals surface area (Å²) in [6.45, 7) is 3.78. The van der Waals surface area contributed by atoms with E-state index in [0.717, 1.165) is 22.5 Å². The lowest BCUT2D eigenvalue weighted by molar-refractivity contribution is -0.730. The lowest BCUT2D eigenvalue weighted by Gasteiger charge is -2.11. The third-order valence-corrected chi connectivity index (χ3v) is 6.08. The molecular weight excluding hydrogens is 418 g/mol. The highest BCUT2D eigenvalue weighted by molar-refractivity contribution is 7.21. The number of pyridine rings is 1. The van der Waals surface area contributed by atoms with Crippen molar-refractivity contribution >= 4 is 44.7 Å². The van der Waals surface area contributed by atoms with Gasteiger partial charge in [-0.05, 0) is 30.2 Å². The van der Waals surface area contributed by atoms with Gasteiger partial charge in [0.1, 0.15) is 27.2 Å². The van der Waals surface area contributed by atoms with E-state index in [1.165, 1.54) is 4.68 Å². The number of aryl methyl sites for hydroxylation is 3. The van der Waals surface area contributed by atoms with Crippen LogP contribution in [-0.4, -0.2) is 16.2 Å². The zero-order chi connectivity index (χ0) is 22.4. The lowest BCUT2D eigenvalue weighted by Crippen LogP contribution is -2.34. The molecule has 0 unspecified atom stereocenters. The molecule has 3 aromatic heterocycles. The molecule has 3 heterocycles. The van der Waals surface area contributed by atoms with Crippen LogP contribution in [0.25, 0.3) is 21.5 Å². The molecule has 4 rings (SSSR count). The summed E-state index contributed by atoms with van der Waals surface area (Å²) in [5.41, 5.74) is 14.4. The monoisotopic (exact) mass is 436 g/mol. The first-order valence-corrected chi connectivity index (χ1v) is 9.93. The number of para-hydroxylation sites is 1. The first-order chi connectivity index (χ1) is 14.7. The van der Waals surface area contributed by atoms with E-state index in [1.807, 2.05) is 38.1 Å². The smallest absolute Gasteiger partial charge is 0.397 e. The summed E-state index contributed by atoms with van der Waals surface area (Å²) >= 11 is 1.03. The number of nitrogen functional groups attached to an aromatic ring is 2. The van der Waals surface area contributed by atoms with Gasteiger partial charge in [-0.25, -0.2) is 9.78 Å². The molecule has 1 aromatic carbocycles. The molecule has 0 radical (unpaired) electrons. The Morgan fingerprint density at radius 2 is 2.00 bits per heavy atom. The van der Waals surface area contributed by atoms with E-state index in [4.69, 9.17) is 16.0 Å². The predicted molar refractivity (Wildman–Crippen MR) is 117 cm³/mol. The zero-order valence-corrected chi connectivity index (χ0v) is 17.7. The Kier molecular flexibility index (Phi) is 4.71. The average molecular weight is 436 g/mol. The van der Waals surface area contributed by atoms with Crippen molar-refractivity contribution in [2.24, 2.45) is 7.05 Å². The van der Waals surface area contributed by atoms with Crippen molar-refractivity contribution in [3.8, 4) is 17.3 Å². The summed E-state index contributed by atoms with van der Waals surface area (Å²) in [5, 5.41) is 15.3. The van der Waals surface area contributed by atoms with Crippen LogP contribution in [0.2, 0.25) is 0 Å². The average Bonchev–Trinajstić information content (AvgIpc) is 3.22. The highest BCUT2D eigenvalue weighted by Gasteiger charge is 2.32. The number of amides is 1. The van der Waals surface area contributed by atoms with E-state index in [9.17, 15) is 14.9 Å². The molecule has 6 N–H and O–H groups in total. The Labute approximate surface area is 179 Å². The maximum absolute atomic E-state index is 13.1. The molecule has 1 amide bonds. The molecule has 0 spiro atoms. The summed E-state index contributed by atoms with van der Waals surface area (Å²) in [6, 6.07) is 7.66. The SMILES string of the molecule is Cc1cccc(C)c1NC(=O)c1sc2nc(N)c(C#N)c(-c3c(=O)o[nH][n+]3C)c2c1N. The van der Waals surface area contributed by atoms with Gasteiger partial charge in [0.05, 0.1) is 16.6 Å². The van der Waals surface area contributed by atoms with Crippen molar-refractivity contribution in [1.29, 1.82) is 5.26 Å². The first kappa shape index (κ1) is 20.1. The summed E-state index contributed by atoms with van der Waals surface area (Å²) in [7, 11) is 1.54. The molecule has 0 saturated heterocycles. The molecule has 0 aliphatic carbocycles. The minimum Gasteiger partial charge on any atom is -0.397 e. The van der Waals surface area contributed by atoms with Crippen molar-refractivity contribution in [3.63, 3.8) is 0 Å². The molecule has 4 aromatic rings. The number of nitrogens with two attached hydrogens (primary N) is 2. The molecule has 10 nitrogen and oxygen atoms in total. The molecule has 0 aliphatic heterocycles. The summed E-state index contributed by atoms with van der Waals surface area (Å²) in [5.74, 6) is -0.500. The minimum absolute atomic E-state index is 0.0267. The Balaban J connectivity index is 1.96. The van der Waals surface area contributed by atoms with Crippen LogP contribution in [0.3, 0.4) is 0 Å². The lowest BCUT2D eigenvalue weighted by atomic mass is 10.0. The van der Waals surface area contributed by atoms with Crippen molar-refractivity contribution in [3.05, 3.63) is 50.2 Å². The highest BCUT2D eigenvalue weighted by atomic mass is 32.1. The number of hydrogen-bond donors (Lipinski definition) is 4. The molecule has 31 heavy (non-hydrogen) atoms. The van der Waals surface area contributed by atoms with Crippen LogP contribution < -0.4 is 27.1 Å². The number of carbonyl (C=O) groups excluding carboxylic acids is 1. The van der Waals surface area contributed by atoms with Crippen LogP contribution in [0.5, 0.6) is 0 Å². The summed E-state index contributed by atoms with van der Waals surface area (Å²) < 4.78 is 6.14. The van der Waals surface area contributed by atoms with E-state index >= 15 is 0 Å². The van der Waals surface area contributed by atoms with E-state index in [0.29, 0.717) is 15.9 Å². The number of nitrogens with one attached hydrogen (secondary N) is 2. The summed E-state index contributed by atoms with van der Waals surface area (Å²) in [4.78, 5) is 30.2. The number of rotatable bonds is 3. The number of aromatic amines is 1. The number of aromatic nitrogens is 3. The summed E-state index contributed by atoms with van der Waals surface area (Å²) in [6.07, 6.45) is 0. The van der Waals surface area contributed by atoms with Gasteiger partial charge in [0.15, 0.2) is 7.05 Å². The van der Waals surface area contributed by atoms with E-state index < -0.39 is 11.5 Å². The molecule has 0 aliphatic rings. The normalized spacial score (nSPS) is 10.9. The number of thiophene rings is 1. The standard InChI is InChI=1S/C20H17N7O3S/c1-8-5-4-6-9(2)14(8)24-18(28)16-13(22)12-11(15-20(29)30-26-27(15)3)10(7-21)17(23)25-19(12)31-16/h4-6H,1-3H3,(H5-,22,23,24,25,26,28,29)/p+1. The van der Waals surface area contributed by atoms with Gasteiger partial charge in [-0.1, -0.05) is 22.9 Å². The zero-order valence-electron chi connectivity index (χ0n) is 16.9. The van der Waals surface area contributed by atoms with Crippen LogP contribution in [0.15, 0.2) is 27.5 Å². The van der Waals surface area contributed by atoms with Crippen LogP contribution >= 0.6 is 11.3 Å². The predicted octanol–water partition coefficient (Wildman–Crippen LogP) is 1.97. The van der Waals surface area contributed by atoms with Crippen LogP contribution in [0, 0.1) is 25.2 Å². The van der Waals surface area contributed by atoms with Gasteiger partial charge in [-0.2, -0.15) is 5.26 Å². The molecule has 156 valence electrons. The van der Waals surface area contributed by atoms with Gasteiger partial charge < -0.3 is 16.8 Å². The van der Waals surface area contributed by atoms with E-state index in [-0.39, 0.29) is 33.2 Å². The van der Waals surface area contributed by atoms with Gasteiger partial charge in [0, 0.05) is 5.69 Å². The Morgan fingerprint density at radius 3 is 2.58 bits per heavy atom. The van der Waals surface area contributed by atoms with Crippen LogP contribution in [0.4, 0.5) is 17.2 Å². The van der Waals surface area contributed by atoms with Gasteiger partial charge in [-0.15, -0.1) is 11.3 Å². The second kappa shape index (κ2) is 7.26. The molecule has 0 fully saturated rings. The number of hydrogen-bond acceptors (Lipinski definition) is 8. The van der Waals surface area contributed by atoms with E-state index in [2.05, 4.69) is 15.6 Å². The van der Waals surface area contributed by atoms with Crippen LogP contribution in [-0.2, 0) is 7.05 Å². The molecular formula is C20H18N7O3S+. The molecule has 0 bridgehead atoms. The second-order valence-corrected chi connectivity index (χ2v) is 7.99. The van der Waals surface area contributed by atoms with Crippen molar-refractivity contribution in [1.82, 2.24) is 10.3 Å². The number of benzene rings is 1. The maximum Gasteiger partial charge on any atom is 0.435 e. The minimum atomic E-state index is -0.710. The highest BCUT2D eigenvalue weighted by Crippen LogP contribution is 2.41. The molecule has 11 heteroatoms. The molecule has 0 atom stereocenters. The molecule has 0 saturated carbocycles.